The zero-order valence-corrected chi connectivity index (χ0v) is 20.2. The van der Waals surface area contributed by atoms with E-state index in [-0.39, 0.29) is 33.4 Å². The SMILES string of the molecule is Cc1c(N2C(=O)N3CCC(O[Si](C)(C)C(C)(C)C)C3C2C(F)(F)F)ccc(C#N)c1Cl. The molecule has 3 unspecified atom stereocenters. The number of benzene rings is 1. The van der Waals surface area contributed by atoms with Crippen molar-refractivity contribution in [3.8, 4) is 6.07 Å². The molecule has 170 valence electrons. The molecular formula is C21H27ClF3N3O2Si. The van der Waals surface area contributed by atoms with Crippen molar-refractivity contribution in [2.75, 3.05) is 11.4 Å². The normalized spacial score (nSPS) is 24.5. The summed E-state index contributed by atoms with van der Waals surface area (Å²) < 4.78 is 49.5. The Morgan fingerprint density at radius 2 is 1.87 bits per heavy atom. The number of fused-ring (bicyclic) bond motifs is 1. The lowest BCUT2D eigenvalue weighted by Crippen LogP contribution is -2.54. The molecule has 0 aliphatic carbocycles. The fourth-order valence-electron chi connectivity index (χ4n) is 4.09. The molecule has 31 heavy (non-hydrogen) atoms. The van der Waals surface area contributed by atoms with E-state index < -0.39 is 38.7 Å². The van der Waals surface area contributed by atoms with E-state index in [2.05, 4.69) is 0 Å². The van der Waals surface area contributed by atoms with Crippen molar-refractivity contribution < 1.29 is 22.4 Å². The number of rotatable bonds is 3. The largest absolute Gasteiger partial charge is 0.412 e. The summed E-state index contributed by atoms with van der Waals surface area (Å²) in [6.45, 7) is 11.8. The quantitative estimate of drug-likeness (QED) is 0.517. The molecule has 3 atom stereocenters. The lowest BCUT2D eigenvalue weighted by Gasteiger charge is -2.40. The van der Waals surface area contributed by atoms with Crippen LogP contribution in [-0.4, -0.2) is 50.2 Å². The van der Waals surface area contributed by atoms with E-state index in [1.165, 1.54) is 24.0 Å². The third-order valence-electron chi connectivity index (χ3n) is 6.77. The molecule has 3 rings (SSSR count). The molecule has 0 bridgehead atoms. The van der Waals surface area contributed by atoms with Gasteiger partial charge in [0.25, 0.3) is 0 Å². The van der Waals surface area contributed by atoms with Crippen LogP contribution in [-0.2, 0) is 4.43 Å². The molecule has 0 spiro atoms. The third-order valence-corrected chi connectivity index (χ3v) is 11.8. The number of hydrogen-bond acceptors (Lipinski definition) is 3. The molecule has 0 saturated carbocycles. The van der Waals surface area contributed by atoms with E-state index >= 15 is 0 Å². The Morgan fingerprint density at radius 1 is 1.26 bits per heavy atom. The van der Waals surface area contributed by atoms with Crippen molar-refractivity contribution >= 4 is 31.6 Å². The molecule has 1 aromatic rings. The van der Waals surface area contributed by atoms with Gasteiger partial charge in [-0.15, -0.1) is 0 Å². The summed E-state index contributed by atoms with van der Waals surface area (Å²) >= 11 is 6.20. The number of anilines is 1. The molecule has 2 heterocycles. The van der Waals surface area contributed by atoms with Gasteiger partial charge >= 0.3 is 12.2 Å². The average Bonchev–Trinajstić information content (AvgIpc) is 3.15. The van der Waals surface area contributed by atoms with Gasteiger partial charge in [0.15, 0.2) is 14.4 Å². The van der Waals surface area contributed by atoms with Crippen LogP contribution in [0.5, 0.6) is 0 Å². The number of nitrogens with zero attached hydrogens (tertiary/aromatic N) is 3. The second-order valence-electron chi connectivity index (χ2n) is 9.71. The first kappa shape index (κ1) is 23.9. The Morgan fingerprint density at radius 3 is 2.39 bits per heavy atom. The van der Waals surface area contributed by atoms with Gasteiger partial charge in [0, 0.05) is 6.54 Å². The first-order chi connectivity index (χ1) is 14.1. The summed E-state index contributed by atoms with van der Waals surface area (Å²) in [5.41, 5.74) is 0.487. The van der Waals surface area contributed by atoms with Gasteiger partial charge in [-0.2, -0.15) is 18.4 Å². The van der Waals surface area contributed by atoms with Crippen molar-refractivity contribution in [1.29, 1.82) is 5.26 Å². The predicted molar refractivity (Wildman–Crippen MR) is 116 cm³/mol. The van der Waals surface area contributed by atoms with Crippen LogP contribution in [0.3, 0.4) is 0 Å². The van der Waals surface area contributed by atoms with Crippen LogP contribution < -0.4 is 4.90 Å². The molecule has 1 aromatic carbocycles. The molecule has 2 amide bonds. The number of hydrogen-bond donors (Lipinski definition) is 0. The van der Waals surface area contributed by atoms with E-state index in [4.69, 9.17) is 21.3 Å². The molecule has 0 aromatic heterocycles. The summed E-state index contributed by atoms with van der Waals surface area (Å²) in [4.78, 5) is 15.2. The number of carbonyl (C=O) groups excluding carboxylic acids is 1. The first-order valence-electron chi connectivity index (χ1n) is 10.2. The summed E-state index contributed by atoms with van der Waals surface area (Å²) in [7, 11) is -2.36. The Kier molecular flexibility index (Phi) is 5.92. The Hall–Kier alpha value is -1.76. The Balaban J connectivity index is 2.07. The van der Waals surface area contributed by atoms with Crippen molar-refractivity contribution in [2.24, 2.45) is 0 Å². The highest BCUT2D eigenvalue weighted by atomic mass is 35.5. The molecule has 2 aliphatic heterocycles. The van der Waals surface area contributed by atoms with Crippen LogP contribution in [0.4, 0.5) is 23.7 Å². The van der Waals surface area contributed by atoms with Crippen molar-refractivity contribution in [1.82, 2.24) is 4.90 Å². The van der Waals surface area contributed by atoms with Crippen LogP contribution in [0.1, 0.15) is 38.3 Å². The molecule has 2 aliphatic rings. The second-order valence-corrected chi connectivity index (χ2v) is 14.8. The number of alkyl halides is 3. The van der Waals surface area contributed by atoms with E-state index in [0.29, 0.717) is 6.42 Å². The maximum absolute atomic E-state index is 14.4. The van der Waals surface area contributed by atoms with Crippen molar-refractivity contribution in [3.05, 3.63) is 28.3 Å². The van der Waals surface area contributed by atoms with Gasteiger partial charge in [-0.3, -0.25) is 4.90 Å². The fraction of sp³-hybridized carbons (Fsp3) is 0.619. The molecule has 10 heteroatoms. The maximum Gasteiger partial charge on any atom is 0.411 e. The number of nitriles is 1. The minimum Gasteiger partial charge on any atom is -0.412 e. The lowest BCUT2D eigenvalue weighted by atomic mass is 10.0. The van der Waals surface area contributed by atoms with Crippen LogP contribution in [0.25, 0.3) is 0 Å². The Labute approximate surface area is 186 Å². The minimum absolute atomic E-state index is 0.0508. The first-order valence-corrected chi connectivity index (χ1v) is 13.4. The lowest BCUT2D eigenvalue weighted by molar-refractivity contribution is -0.156. The smallest absolute Gasteiger partial charge is 0.411 e. The Bertz CT molecular complexity index is 940. The van der Waals surface area contributed by atoms with Crippen molar-refractivity contribution in [3.63, 3.8) is 0 Å². The monoisotopic (exact) mass is 473 g/mol. The summed E-state index contributed by atoms with van der Waals surface area (Å²) in [5.74, 6) is 0. The van der Waals surface area contributed by atoms with Crippen LogP contribution >= 0.6 is 11.6 Å². The molecule has 2 fully saturated rings. The van der Waals surface area contributed by atoms with Crippen LogP contribution in [0, 0.1) is 18.3 Å². The highest BCUT2D eigenvalue weighted by molar-refractivity contribution is 6.74. The van der Waals surface area contributed by atoms with E-state index in [1.54, 1.807) is 0 Å². The summed E-state index contributed by atoms with van der Waals surface area (Å²) in [6, 6.07) is 0.723. The van der Waals surface area contributed by atoms with E-state index in [1.807, 2.05) is 39.9 Å². The van der Waals surface area contributed by atoms with Crippen LogP contribution in [0.2, 0.25) is 23.2 Å². The van der Waals surface area contributed by atoms with Gasteiger partial charge in [-0.1, -0.05) is 32.4 Å². The molecule has 0 radical (unpaired) electrons. The topological polar surface area (TPSA) is 56.6 Å². The number of urea groups is 1. The predicted octanol–water partition coefficient (Wildman–Crippen LogP) is 5.86. The fourth-order valence-corrected chi connectivity index (χ4v) is 5.66. The minimum atomic E-state index is -4.67. The summed E-state index contributed by atoms with van der Waals surface area (Å²) in [6.07, 6.45) is -4.99. The number of amides is 2. The second kappa shape index (κ2) is 7.68. The standard InChI is InChI=1S/C21H27ClF3N3O2Si/c1-12-14(8-7-13(11-26)16(12)22)28-18(21(23,24)25)17-15(9-10-27(17)19(28)29)30-31(5,6)20(2,3)4/h7-8,15,17-18H,9-10H2,1-6H3. The zero-order valence-electron chi connectivity index (χ0n) is 18.5. The van der Waals surface area contributed by atoms with Gasteiger partial charge in [-0.05, 0) is 49.2 Å². The van der Waals surface area contributed by atoms with Gasteiger partial charge < -0.3 is 9.33 Å². The highest BCUT2D eigenvalue weighted by Crippen LogP contribution is 2.47. The number of carbonyl (C=O) groups is 1. The number of halogens is 4. The van der Waals surface area contributed by atoms with Crippen molar-refractivity contribution in [2.45, 2.75) is 76.6 Å². The van der Waals surface area contributed by atoms with Gasteiger partial charge in [0.2, 0.25) is 0 Å². The maximum atomic E-state index is 14.4. The summed E-state index contributed by atoms with van der Waals surface area (Å²) in [5, 5.41) is 9.03. The van der Waals surface area contributed by atoms with Gasteiger partial charge in [0.05, 0.1) is 28.4 Å². The van der Waals surface area contributed by atoms with Gasteiger partial charge in [0.1, 0.15) is 6.07 Å². The van der Waals surface area contributed by atoms with Gasteiger partial charge in [-0.25, -0.2) is 4.79 Å². The molecule has 2 saturated heterocycles. The van der Waals surface area contributed by atoms with E-state index in [9.17, 15) is 18.0 Å². The molecule has 5 nitrogen and oxygen atoms in total. The average molecular weight is 474 g/mol. The molecular weight excluding hydrogens is 447 g/mol. The molecule has 0 N–H and O–H groups in total. The van der Waals surface area contributed by atoms with Crippen LogP contribution in [0.15, 0.2) is 12.1 Å². The third kappa shape index (κ3) is 3.94. The highest BCUT2D eigenvalue weighted by Gasteiger charge is 2.64. The zero-order chi connectivity index (χ0) is 23.5. The van der Waals surface area contributed by atoms with E-state index in [0.717, 1.165) is 4.90 Å².